The number of aryl methyl sites for hydroxylation is 2. The number of nitrogens with zero attached hydrogens (tertiary/aromatic N) is 4. The summed E-state index contributed by atoms with van der Waals surface area (Å²) < 4.78 is 13.0. The van der Waals surface area contributed by atoms with E-state index in [1.54, 1.807) is 0 Å². The average Bonchev–Trinajstić information content (AvgIpc) is 3.30. The van der Waals surface area contributed by atoms with E-state index < -0.39 is 0 Å². The fraction of sp³-hybridized carbons (Fsp3) is 0.526. The predicted molar refractivity (Wildman–Crippen MR) is 117 cm³/mol. The van der Waals surface area contributed by atoms with Crippen LogP contribution in [0.15, 0.2) is 23.2 Å². The second kappa shape index (κ2) is 9.44. The molecule has 2 N–H and O–H groups in total. The number of aliphatic imine (C=N–C) groups is 1. The van der Waals surface area contributed by atoms with Gasteiger partial charge in [0.2, 0.25) is 6.79 Å². The molecule has 0 aliphatic carbocycles. The van der Waals surface area contributed by atoms with Crippen molar-refractivity contribution in [3.63, 3.8) is 0 Å². The topological polar surface area (TPSA) is 85.6 Å². The van der Waals surface area contributed by atoms with Crippen LogP contribution in [-0.2, 0) is 19.5 Å². The van der Waals surface area contributed by atoms with Gasteiger partial charge in [-0.1, -0.05) is 6.07 Å². The normalized spacial score (nSPS) is 17.6. The molecule has 0 fully saturated rings. The number of aromatic nitrogens is 3. The van der Waals surface area contributed by atoms with Crippen molar-refractivity contribution in [3.8, 4) is 11.5 Å². The molecule has 3 heterocycles. The molecule has 0 radical (unpaired) electrons. The van der Waals surface area contributed by atoms with Gasteiger partial charge >= 0.3 is 0 Å². The molecule has 0 amide bonds. The first-order valence-electron chi connectivity index (χ1n) is 9.52. The number of nitrogens with one attached hydrogen (secondary N) is 2. The van der Waals surface area contributed by atoms with Gasteiger partial charge < -0.3 is 24.7 Å². The summed E-state index contributed by atoms with van der Waals surface area (Å²) in [4.78, 5) is 4.71. The highest BCUT2D eigenvalue weighted by Gasteiger charge is 2.21. The Morgan fingerprint density at radius 2 is 2.11 bits per heavy atom. The van der Waals surface area contributed by atoms with E-state index in [0.29, 0.717) is 19.3 Å². The number of benzene rings is 1. The highest BCUT2D eigenvalue weighted by atomic mass is 127. The minimum absolute atomic E-state index is 0. The van der Waals surface area contributed by atoms with Crippen molar-refractivity contribution in [2.45, 2.75) is 39.8 Å². The molecule has 1 atom stereocenters. The fourth-order valence-corrected chi connectivity index (χ4v) is 3.49. The van der Waals surface area contributed by atoms with Gasteiger partial charge in [0.1, 0.15) is 11.6 Å². The highest BCUT2D eigenvalue weighted by molar-refractivity contribution is 14.0. The summed E-state index contributed by atoms with van der Waals surface area (Å²) in [6.45, 7) is 7.64. The van der Waals surface area contributed by atoms with E-state index in [2.05, 4.69) is 32.3 Å². The van der Waals surface area contributed by atoms with Gasteiger partial charge in [-0.2, -0.15) is 0 Å². The maximum absolute atomic E-state index is 5.44. The largest absolute Gasteiger partial charge is 0.454 e. The van der Waals surface area contributed by atoms with E-state index in [9.17, 15) is 0 Å². The minimum Gasteiger partial charge on any atom is -0.454 e. The smallest absolute Gasteiger partial charge is 0.231 e. The molecule has 1 aromatic heterocycles. The fourth-order valence-electron chi connectivity index (χ4n) is 3.49. The summed E-state index contributed by atoms with van der Waals surface area (Å²) in [6.07, 6.45) is 2.10. The molecule has 0 saturated carbocycles. The Labute approximate surface area is 182 Å². The first-order valence-corrected chi connectivity index (χ1v) is 9.52. The van der Waals surface area contributed by atoms with Crippen molar-refractivity contribution < 1.29 is 9.47 Å². The van der Waals surface area contributed by atoms with Gasteiger partial charge in [-0.05, 0) is 43.9 Å². The summed E-state index contributed by atoms with van der Waals surface area (Å²) in [5.74, 6) is 5.07. The third-order valence-corrected chi connectivity index (χ3v) is 4.99. The summed E-state index contributed by atoms with van der Waals surface area (Å²) in [7, 11) is 0. The van der Waals surface area contributed by atoms with Gasteiger partial charge in [-0.3, -0.25) is 0 Å². The third kappa shape index (κ3) is 4.68. The van der Waals surface area contributed by atoms with Crippen molar-refractivity contribution in [1.29, 1.82) is 0 Å². The standard InChI is InChI=1S/C19H26N6O2.HI/c1-3-20-19(21-9-14-4-6-16-17(8-14)27-12-26-16)22-10-15-5-7-18-24-23-13(2)25(18)11-15;/h4,6,8,15H,3,5,7,9-12H2,1-2H3,(H2,20,21,22);1H. The van der Waals surface area contributed by atoms with Crippen molar-refractivity contribution in [2.75, 3.05) is 19.9 Å². The number of halogens is 1. The van der Waals surface area contributed by atoms with Crippen LogP contribution in [0, 0.1) is 12.8 Å². The number of guanidine groups is 1. The Kier molecular flexibility index (Phi) is 6.97. The summed E-state index contributed by atoms with van der Waals surface area (Å²) in [5.41, 5.74) is 1.10. The van der Waals surface area contributed by atoms with E-state index in [0.717, 1.165) is 67.1 Å². The van der Waals surface area contributed by atoms with Crippen LogP contribution in [0.5, 0.6) is 11.5 Å². The molecule has 1 unspecified atom stereocenters. The lowest BCUT2D eigenvalue weighted by atomic mass is 9.99. The van der Waals surface area contributed by atoms with Gasteiger partial charge in [-0.25, -0.2) is 4.99 Å². The second-order valence-corrected chi connectivity index (χ2v) is 6.94. The van der Waals surface area contributed by atoms with E-state index in [1.165, 1.54) is 0 Å². The van der Waals surface area contributed by atoms with Crippen LogP contribution in [0.4, 0.5) is 0 Å². The molecule has 0 bridgehead atoms. The highest BCUT2D eigenvalue weighted by Crippen LogP contribution is 2.32. The quantitative estimate of drug-likeness (QED) is 0.374. The average molecular weight is 498 g/mol. The molecule has 1 aromatic carbocycles. The third-order valence-electron chi connectivity index (χ3n) is 4.99. The summed E-state index contributed by atoms with van der Waals surface area (Å²) in [6, 6.07) is 5.96. The van der Waals surface area contributed by atoms with Crippen molar-refractivity contribution in [3.05, 3.63) is 35.4 Å². The van der Waals surface area contributed by atoms with Gasteiger partial charge in [0.25, 0.3) is 0 Å². The molecule has 2 aromatic rings. The molecular formula is C19H27IN6O2. The van der Waals surface area contributed by atoms with E-state index >= 15 is 0 Å². The Bertz CT molecular complexity index is 838. The minimum atomic E-state index is 0. The van der Waals surface area contributed by atoms with Crippen LogP contribution in [0.2, 0.25) is 0 Å². The summed E-state index contributed by atoms with van der Waals surface area (Å²) >= 11 is 0. The molecule has 9 heteroatoms. The predicted octanol–water partition coefficient (Wildman–Crippen LogP) is 2.25. The van der Waals surface area contributed by atoms with E-state index in [-0.39, 0.29) is 24.0 Å². The number of rotatable bonds is 5. The molecule has 28 heavy (non-hydrogen) atoms. The van der Waals surface area contributed by atoms with Crippen molar-refractivity contribution in [2.24, 2.45) is 10.9 Å². The molecule has 2 aliphatic rings. The Morgan fingerprint density at radius 1 is 1.25 bits per heavy atom. The van der Waals surface area contributed by atoms with Crippen LogP contribution < -0.4 is 20.1 Å². The monoisotopic (exact) mass is 498 g/mol. The van der Waals surface area contributed by atoms with Crippen molar-refractivity contribution in [1.82, 2.24) is 25.4 Å². The Balaban J connectivity index is 0.00000225. The maximum Gasteiger partial charge on any atom is 0.231 e. The zero-order valence-corrected chi connectivity index (χ0v) is 18.6. The van der Waals surface area contributed by atoms with Crippen LogP contribution in [0.3, 0.4) is 0 Å². The van der Waals surface area contributed by atoms with Gasteiger partial charge in [-0.15, -0.1) is 34.2 Å². The number of fused-ring (bicyclic) bond motifs is 2. The first kappa shape index (κ1) is 20.7. The Hall–Kier alpha value is -2.04. The van der Waals surface area contributed by atoms with Crippen LogP contribution in [0.1, 0.15) is 30.6 Å². The number of ether oxygens (including phenoxy) is 2. The SMILES string of the molecule is CCNC(=NCc1ccc2c(c1)OCO2)NCC1CCc2nnc(C)n2C1.I. The number of hydrogen-bond acceptors (Lipinski definition) is 5. The molecule has 8 nitrogen and oxygen atoms in total. The van der Waals surface area contributed by atoms with Crippen molar-refractivity contribution >= 4 is 29.9 Å². The molecule has 0 spiro atoms. The van der Waals surface area contributed by atoms with Crippen LogP contribution in [-0.4, -0.2) is 40.6 Å². The van der Waals surface area contributed by atoms with E-state index in [1.807, 2.05) is 25.1 Å². The summed E-state index contributed by atoms with van der Waals surface area (Å²) in [5, 5.41) is 15.2. The van der Waals surface area contributed by atoms with E-state index in [4.69, 9.17) is 14.5 Å². The van der Waals surface area contributed by atoms with Crippen LogP contribution in [0.25, 0.3) is 0 Å². The lowest BCUT2D eigenvalue weighted by Gasteiger charge is -2.25. The first-order chi connectivity index (χ1) is 13.2. The molecular weight excluding hydrogens is 471 g/mol. The molecule has 4 rings (SSSR count). The Morgan fingerprint density at radius 3 is 2.96 bits per heavy atom. The van der Waals surface area contributed by atoms with Gasteiger partial charge in [0.15, 0.2) is 17.5 Å². The van der Waals surface area contributed by atoms with Gasteiger partial charge in [0, 0.05) is 26.1 Å². The zero-order chi connectivity index (χ0) is 18.6. The molecule has 2 aliphatic heterocycles. The van der Waals surface area contributed by atoms with Crippen LogP contribution >= 0.6 is 24.0 Å². The number of hydrogen-bond donors (Lipinski definition) is 2. The van der Waals surface area contributed by atoms with Gasteiger partial charge in [0.05, 0.1) is 6.54 Å². The molecule has 0 saturated heterocycles. The lowest BCUT2D eigenvalue weighted by molar-refractivity contribution is 0.174. The lowest BCUT2D eigenvalue weighted by Crippen LogP contribution is -2.41. The second-order valence-electron chi connectivity index (χ2n) is 6.94. The maximum atomic E-state index is 5.44. The molecule has 152 valence electrons. The zero-order valence-electron chi connectivity index (χ0n) is 16.3.